The van der Waals surface area contributed by atoms with Crippen molar-refractivity contribution in [3.63, 3.8) is 0 Å². The third-order valence-electron chi connectivity index (χ3n) is 7.11. The number of benzene rings is 1. The van der Waals surface area contributed by atoms with Gasteiger partial charge in [0.25, 0.3) is 0 Å². The van der Waals surface area contributed by atoms with E-state index in [0.29, 0.717) is 42.3 Å². The van der Waals surface area contributed by atoms with Crippen LogP contribution in [-0.2, 0) is 9.53 Å². The van der Waals surface area contributed by atoms with Gasteiger partial charge in [0.15, 0.2) is 0 Å². The van der Waals surface area contributed by atoms with Crippen molar-refractivity contribution in [3.05, 3.63) is 37.1 Å². The molecular formula is C27H39N7O3. The highest BCUT2D eigenvalue weighted by molar-refractivity contribution is 6.02. The van der Waals surface area contributed by atoms with E-state index in [1.54, 1.807) is 13.3 Å². The van der Waals surface area contributed by atoms with Gasteiger partial charge in [0.05, 0.1) is 42.9 Å². The van der Waals surface area contributed by atoms with Gasteiger partial charge in [-0.3, -0.25) is 4.79 Å². The summed E-state index contributed by atoms with van der Waals surface area (Å²) in [6.07, 6.45) is 5.10. The highest BCUT2D eigenvalue weighted by Gasteiger charge is 2.32. The average molecular weight is 510 g/mol. The van der Waals surface area contributed by atoms with Gasteiger partial charge >= 0.3 is 0 Å². The van der Waals surface area contributed by atoms with Crippen LogP contribution < -0.4 is 25.2 Å². The van der Waals surface area contributed by atoms with E-state index in [-0.39, 0.29) is 11.4 Å². The smallest absolute Gasteiger partial charge is 0.247 e. The van der Waals surface area contributed by atoms with Crippen LogP contribution in [0.5, 0.6) is 5.75 Å². The quantitative estimate of drug-likeness (QED) is 0.519. The van der Waals surface area contributed by atoms with Crippen LogP contribution in [0.4, 0.5) is 28.8 Å². The molecule has 2 aliphatic rings. The molecule has 10 heteroatoms. The van der Waals surface area contributed by atoms with Gasteiger partial charge in [-0.15, -0.1) is 0 Å². The second kappa shape index (κ2) is 11.4. The number of piperidine rings is 1. The van der Waals surface area contributed by atoms with E-state index in [0.717, 1.165) is 44.0 Å². The summed E-state index contributed by atoms with van der Waals surface area (Å²) in [5.41, 5.74) is 2.08. The number of anilines is 5. The molecule has 0 radical (unpaired) electrons. The Morgan fingerprint density at radius 3 is 2.65 bits per heavy atom. The molecule has 37 heavy (non-hydrogen) atoms. The first-order chi connectivity index (χ1) is 17.7. The first-order valence-electron chi connectivity index (χ1n) is 12.7. The molecule has 4 rings (SSSR count). The molecule has 0 unspecified atom stereocenters. The number of hydrogen-bond donors (Lipinski definition) is 2. The van der Waals surface area contributed by atoms with Crippen molar-refractivity contribution in [1.82, 2.24) is 14.9 Å². The summed E-state index contributed by atoms with van der Waals surface area (Å²) in [6, 6.07) is 6.30. The van der Waals surface area contributed by atoms with Crippen molar-refractivity contribution < 1.29 is 14.3 Å². The molecule has 0 spiro atoms. The van der Waals surface area contributed by atoms with Crippen LogP contribution in [0.1, 0.15) is 26.7 Å². The van der Waals surface area contributed by atoms with Crippen LogP contribution in [-0.4, -0.2) is 86.4 Å². The molecular weight excluding hydrogens is 470 g/mol. The van der Waals surface area contributed by atoms with Gasteiger partial charge in [0.1, 0.15) is 11.6 Å². The highest BCUT2D eigenvalue weighted by Crippen LogP contribution is 2.39. The molecule has 10 nitrogen and oxygen atoms in total. The van der Waals surface area contributed by atoms with Gasteiger partial charge in [-0.25, -0.2) is 4.98 Å². The molecule has 2 aliphatic heterocycles. The second-order valence-corrected chi connectivity index (χ2v) is 10.3. The van der Waals surface area contributed by atoms with Gasteiger partial charge in [0.2, 0.25) is 11.9 Å². The number of carbonyl (C=O) groups is 1. The summed E-state index contributed by atoms with van der Waals surface area (Å²) in [4.78, 5) is 28.3. The first-order valence-corrected chi connectivity index (χ1v) is 12.7. The molecule has 3 heterocycles. The maximum Gasteiger partial charge on any atom is 0.247 e. The number of morpholine rings is 1. The standard InChI is InChI=1S/C27H39N7O3/c1-7-25(35)29-20-16-21(23(36-6)17-22(20)33-12-9-19(10-13-33)32(4)5)30-26-28-11-8-24(31-26)34-14-15-37-18-27(34,2)3/h7-8,11,16-17,19H,1,9-10,12-15,18H2,2-6H3,(H,29,35)(H,28,30,31). The molecule has 1 amide bonds. The minimum Gasteiger partial charge on any atom is -0.494 e. The molecule has 200 valence electrons. The molecule has 0 saturated carbocycles. The fourth-order valence-corrected chi connectivity index (χ4v) is 4.97. The van der Waals surface area contributed by atoms with Crippen molar-refractivity contribution in [2.75, 3.05) is 74.5 Å². The second-order valence-electron chi connectivity index (χ2n) is 10.3. The van der Waals surface area contributed by atoms with Crippen LogP contribution in [0.2, 0.25) is 0 Å². The normalized spacial score (nSPS) is 18.0. The molecule has 2 saturated heterocycles. The Hall–Kier alpha value is -3.37. The van der Waals surface area contributed by atoms with Gasteiger partial charge < -0.3 is 34.8 Å². The van der Waals surface area contributed by atoms with E-state index in [9.17, 15) is 4.79 Å². The van der Waals surface area contributed by atoms with Gasteiger partial charge in [-0.2, -0.15) is 4.98 Å². The fourth-order valence-electron chi connectivity index (χ4n) is 4.97. The van der Waals surface area contributed by atoms with Gasteiger partial charge in [-0.1, -0.05) is 6.58 Å². The number of methoxy groups -OCH3 is 1. The highest BCUT2D eigenvalue weighted by atomic mass is 16.5. The number of nitrogens with one attached hydrogen (secondary N) is 2. The number of hydrogen-bond acceptors (Lipinski definition) is 9. The average Bonchev–Trinajstić information content (AvgIpc) is 2.88. The van der Waals surface area contributed by atoms with Crippen molar-refractivity contribution >= 4 is 34.7 Å². The zero-order valence-corrected chi connectivity index (χ0v) is 22.6. The van der Waals surface area contributed by atoms with Crippen LogP contribution in [0, 0.1) is 0 Å². The first kappa shape index (κ1) is 26.7. The third-order valence-corrected chi connectivity index (χ3v) is 7.11. The van der Waals surface area contributed by atoms with Crippen LogP contribution in [0.25, 0.3) is 0 Å². The lowest BCUT2D eigenvalue weighted by Crippen LogP contribution is -2.53. The van der Waals surface area contributed by atoms with Crippen LogP contribution in [0.15, 0.2) is 37.1 Å². The van der Waals surface area contributed by atoms with Gasteiger partial charge in [0, 0.05) is 37.9 Å². The predicted octanol–water partition coefficient (Wildman–Crippen LogP) is 3.50. The lowest BCUT2D eigenvalue weighted by Gasteiger charge is -2.42. The summed E-state index contributed by atoms with van der Waals surface area (Å²) in [7, 11) is 5.88. The van der Waals surface area contributed by atoms with Crippen molar-refractivity contribution in [1.29, 1.82) is 0 Å². The maximum absolute atomic E-state index is 12.3. The molecule has 0 bridgehead atoms. The SMILES string of the molecule is C=CC(=O)Nc1cc(Nc2nccc(N3CCOCC3(C)C)n2)c(OC)cc1N1CCC(N(C)C)CC1. The van der Waals surface area contributed by atoms with E-state index in [1.165, 1.54) is 6.08 Å². The van der Waals surface area contributed by atoms with Crippen LogP contribution in [0.3, 0.4) is 0 Å². The molecule has 2 fully saturated rings. The Morgan fingerprint density at radius 1 is 1.24 bits per heavy atom. The Bertz CT molecular complexity index is 1110. The van der Waals surface area contributed by atoms with E-state index >= 15 is 0 Å². The summed E-state index contributed by atoms with van der Waals surface area (Å²) >= 11 is 0. The summed E-state index contributed by atoms with van der Waals surface area (Å²) in [6.45, 7) is 11.7. The molecule has 0 atom stereocenters. The number of amides is 1. The van der Waals surface area contributed by atoms with E-state index in [4.69, 9.17) is 14.5 Å². The Morgan fingerprint density at radius 2 is 2.00 bits per heavy atom. The summed E-state index contributed by atoms with van der Waals surface area (Å²) in [5, 5.41) is 6.28. The van der Waals surface area contributed by atoms with E-state index in [1.807, 2.05) is 18.2 Å². The Balaban J connectivity index is 1.64. The number of nitrogens with zero attached hydrogens (tertiary/aromatic N) is 5. The van der Waals surface area contributed by atoms with Crippen molar-refractivity contribution in [2.45, 2.75) is 38.3 Å². The largest absolute Gasteiger partial charge is 0.494 e. The van der Waals surface area contributed by atoms with Crippen molar-refractivity contribution in [2.24, 2.45) is 0 Å². The fraction of sp³-hybridized carbons (Fsp3) is 0.519. The minimum atomic E-state index is -0.270. The van der Waals surface area contributed by atoms with E-state index in [2.05, 4.69) is 64.8 Å². The molecule has 0 aliphatic carbocycles. The zero-order chi connectivity index (χ0) is 26.6. The zero-order valence-electron chi connectivity index (χ0n) is 22.6. The monoisotopic (exact) mass is 509 g/mol. The maximum atomic E-state index is 12.3. The number of rotatable bonds is 8. The molecule has 2 aromatic rings. The minimum absolute atomic E-state index is 0.175. The number of carbonyl (C=O) groups excluding carboxylic acids is 1. The summed E-state index contributed by atoms with van der Waals surface area (Å²) in [5.74, 6) is 1.64. The third kappa shape index (κ3) is 6.14. The van der Waals surface area contributed by atoms with Crippen molar-refractivity contribution in [3.8, 4) is 5.75 Å². The number of ether oxygens (including phenoxy) is 2. The lowest BCUT2D eigenvalue weighted by molar-refractivity contribution is -0.111. The van der Waals surface area contributed by atoms with E-state index < -0.39 is 0 Å². The molecule has 2 N–H and O–H groups in total. The lowest BCUT2D eigenvalue weighted by atomic mass is 10.0. The molecule has 1 aromatic carbocycles. The van der Waals surface area contributed by atoms with Gasteiger partial charge in [-0.05, 0) is 59.0 Å². The predicted molar refractivity (Wildman–Crippen MR) is 148 cm³/mol. The van der Waals surface area contributed by atoms with Crippen LogP contribution >= 0.6 is 0 Å². The Labute approximate surface area is 219 Å². The summed E-state index contributed by atoms with van der Waals surface area (Å²) < 4.78 is 11.4. The molecule has 1 aromatic heterocycles. The topological polar surface area (TPSA) is 95.1 Å². The number of aromatic nitrogens is 2. The Kier molecular flexibility index (Phi) is 8.19.